The zero-order valence-electron chi connectivity index (χ0n) is 11.2. The van der Waals surface area contributed by atoms with Crippen molar-refractivity contribution in [2.45, 2.75) is 38.8 Å². The van der Waals surface area contributed by atoms with E-state index in [1.54, 1.807) is 14.1 Å². The molecule has 3 amide bonds. The van der Waals surface area contributed by atoms with Crippen LogP contribution in [0.2, 0.25) is 0 Å². The Labute approximate surface area is 107 Å². The summed E-state index contributed by atoms with van der Waals surface area (Å²) < 4.78 is 0. The molecule has 0 aromatic heterocycles. The van der Waals surface area contributed by atoms with E-state index >= 15 is 0 Å². The Kier molecular flexibility index (Phi) is 6.77. The number of hydrogen-bond donors (Lipinski definition) is 3. The zero-order chi connectivity index (χ0) is 14.3. The lowest BCUT2D eigenvalue weighted by Gasteiger charge is -2.20. The number of amides is 3. The molecular formula is C11H21N3O4. The standard InChI is InChI=1S/C11H21N3O4/c1-5-6-8(10(16)17)13-11(18)12-7(2)9(15)14(3)4/h7-8H,5-6H2,1-4H3,(H,16,17)(H2,12,13,18)/t7?,8-/m0/s1. The Bertz CT molecular complexity index is 317. The lowest BCUT2D eigenvalue weighted by atomic mass is 10.2. The van der Waals surface area contributed by atoms with Crippen molar-refractivity contribution in [1.29, 1.82) is 0 Å². The highest BCUT2D eigenvalue weighted by atomic mass is 16.4. The number of urea groups is 1. The number of carbonyl (C=O) groups is 3. The normalized spacial score (nSPS) is 13.3. The highest BCUT2D eigenvalue weighted by molar-refractivity contribution is 5.88. The average Bonchev–Trinajstić information content (AvgIpc) is 2.26. The van der Waals surface area contributed by atoms with E-state index in [0.29, 0.717) is 12.8 Å². The first-order valence-corrected chi connectivity index (χ1v) is 5.80. The molecule has 0 rings (SSSR count). The Balaban J connectivity index is 4.32. The number of nitrogens with zero attached hydrogens (tertiary/aromatic N) is 1. The van der Waals surface area contributed by atoms with E-state index in [1.807, 2.05) is 6.92 Å². The van der Waals surface area contributed by atoms with Crippen LogP contribution in [-0.4, -0.2) is 54.1 Å². The molecule has 7 nitrogen and oxygen atoms in total. The Morgan fingerprint density at radius 2 is 1.78 bits per heavy atom. The summed E-state index contributed by atoms with van der Waals surface area (Å²) in [7, 11) is 3.16. The van der Waals surface area contributed by atoms with Crippen LogP contribution in [0.1, 0.15) is 26.7 Å². The van der Waals surface area contributed by atoms with E-state index in [1.165, 1.54) is 11.8 Å². The van der Waals surface area contributed by atoms with Gasteiger partial charge in [-0.3, -0.25) is 4.79 Å². The Morgan fingerprint density at radius 3 is 2.17 bits per heavy atom. The molecule has 0 fully saturated rings. The van der Waals surface area contributed by atoms with Crippen LogP contribution in [0.15, 0.2) is 0 Å². The molecule has 1 unspecified atom stereocenters. The van der Waals surface area contributed by atoms with Gasteiger partial charge in [0.05, 0.1) is 0 Å². The summed E-state index contributed by atoms with van der Waals surface area (Å²) in [6.07, 6.45) is 0.988. The van der Waals surface area contributed by atoms with Crippen molar-refractivity contribution < 1.29 is 19.5 Å². The fourth-order valence-corrected chi connectivity index (χ4v) is 1.39. The van der Waals surface area contributed by atoms with Crippen LogP contribution >= 0.6 is 0 Å². The maximum Gasteiger partial charge on any atom is 0.326 e. The number of carboxylic acids is 1. The van der Waals surface area contributed by atoms with Crippen molar-refractivity contribution in [3.8, 4) is 0 Å². The Hall–Kier alpha value is -1.79. The first-order valence-electron chi connectivity index (χ1n) is 5.80. The summed E-state index contributed by atoms with van der Waals surface area (Å²) in [5.41, 5.74) is 0. The van der Waals surface area contributed by atoms with Gasteiger partial charge < -0.3 is 20.6 Å². The molecular weight excluding hydrogens is 238 g/mol. The van der Waals surface area contributed by atoms with E-state index in [4.69, 9.17) is 5.11 Å². The van der Waals surface area contributed by atoms with Crippen molar-refractivity contribution in [3.05, 3.63) is 0 Å². The summed E-state index contributed by atoms with van der Waals surface area (Å²) >= 11 is 0. The van der Waals surface area contributed by atoms with Gasteiger partial charge in [-0.2, -0.15) is 0 Å². The fraction of sp³-hybridized carbons (Fsp3) is 0.727. The third-order valence-electron chi connectivity index (χ3n) is 2.34. The molecule has 7 heteroatoms. The molecule has 0 saturated carbocycles. The van der Waals surface area contributed by atoms with Gasteiger partial charge in [-0.25, -0.2) is 9.59 Å². The maximum absolute atomic E-state index is 11.5. The van der Waals surface area contributed by atoms with E-state index < -0.39 is 24.1 Å². The van der Waals surface area contributed by atoms with E-state index in [9.17, 15) is 14.4 Å². The monoisotopic (exact) mass is 259 g/mol. The molecule has 0 aliphatic rings. The van der Waals surface area contributed by atoms with Gasteiger partial charge in [0.1, 0.15) is 12.1 Å². The predicted molar refractivity (Wildman–Crippen MR) is 66.2 cm³/mol. The molecule has 104 valence electrons. The molecule has 0 saturated heterocycles. The number of nitrogens with one attached hydrogen (secondary N) is 2. The number of carboxylic acid groups (broad SMARTS) is 1. The summed E-state index contributed by atoms with van der Waals surface area (Å²) in [6, 6.07) is -2.29. The topological polar surface area (TPSA) is 98.7 Å². The van der Waals surface area contributed by atoms with Crippen LogP contribution in [0, 0.1) is 0 Å². The minimum atomic E-state index is -1.08. The van der Waals surface area contributed by atoms with E-state index in [-0.39, 0.29) is 5.91 Å². The van der Waals surface area contributed by atoms with Gasteiger partial charge in [-0.1, -0.05) is 13.3 Å². The highest BCUT2D eigenvalue weighted by Crippen LogP contribution is 1.97. The largest absolute Gasteiger partial charge is 0.480 e. The van der Waals surface area contributed by atoms with Gasteiger partial charge in [0.25, 0.3) is 0 Å². The molecule has 18 heavy (non-hydrogen) atoms. The SMILES string of the molecule is CCC[C@H](NC(=O)NC(C)C(=O)N(C)C)C(=O)O. The van der Waals surface area contributed by atoms with Gasteiger partial charge >= 0.3 is 12.0 Å². The Morgan fingerprint density at radius 1 is 1.22 bits per heavy atom. The second-order valence-corrected chi connectivity index (χ2v) is 4.25. The van der Waals surface area contributed by atoms with Gasteiger partial charge in [-0.15, -0.1) is 0 Å². The number of hydrogen-bond acceptors (Lipinski definition) is 3. The highest BCUT2D eigenvalue weighted by Gasteiger charge is 2.22. The number of rotatable bonds is 6. The smallest absolute Gasteiger partial charge is 0.326 e. The molecule has 0 heterocycles. The second-order valence-electron chi connectivity index (χ2n) is 4.25. The molecule has 2 atom stereocenters. The summed E-state index contributed by atoms with van der Waals surface area (Å²) in [5, 5.41) is 13.6. The maximum atomic E-state index is 11.5. The van der Waals surface area contributed by atoms with Gasteiger partial charge in [-0.05, 0) is 13.3 Å². The molecule has 0 bridgehead atoms. The van der Waals surface area contributed by atoms with Crippen LogP contribution < -0.4 is 10.6 Å². The van der Waals surface area contributed by atoms with Gasteiger partial charge in [0, 0.05) is 14.1 Å². The molecule has 0 spiro atoms. The second kappa shape index (κ2) is 7.52. The van der Waals surface area contributed by atoms with Crippen LogP contribution in [0.25, 0.3) is 0 Å². The van der Waals surface area contributed by atoms with Crippen LogP contribution in [0.4, 0.5) is 4.79 Å². The molecule has 0 radical (unpaired) electrons. The van der Waals surface area contributed by atoms with E-state index in [2.05, 4.69) is 10.6 Å². The molecule has 0 aliphatic heterocycles. The third kappa shape index (κ3) is 5.51. The van der Waals surface area contributed by atoms with Crippen molar-refractivity contribution in [3.63, 3.8) is 0 Å². The average molecular weight is 259 g/mol. The van der Waals surface area contributed by atoms with Crippen molar-refractivity contribution >= 4 is 17.9 Å². The summed E-state index contributed by atoms with van der Waals surface area (Å²) in [4.78, 5) is 35.2. The number of carbonyl (C=O) groups excluding carboxylic acids is 2. The van der Waals surface area contributed by atoms with Crippen molar-refractivity contribution in [2.24, 2.45) is 0 Å². The van der Waals surface area contributed by atoms with Crippen molar-refractivity contribution in [1.82, 2.24) is 15.5 Å². The van der Waals surface area contributed by atoms with Crippen LogP contribution in [-0.2, 0) is 9.59 Å². The van der Waals surface area contributed by atoms with Crippen molar-refractivity contribution in [2.75, 3.05) is 14.1 Å². The summed E-state index contributed by atoms with van der Waals surface area (Å²) in [6.45, 7) is 3.37. The first kappa shape index (κ1) is 16.2. The zero-order valence-corrected chi connectivity index (χ0v) is 11.2. The molecule has 0 aromatic carbocycles. The first-order chi connectivity index (χ1) is 8.29. The lowest BCUT2D eigenvalue weighted by Crippen LogP contribution is -2.52. The molecule has 0 aromatic rings. The lowest BCUT2D eigenvalue weighted by molar-refractivity contribution is -0.139. The number of aliphatic carboxylic acids is 1. The number of likely N-dealkylation sites (N-methyl/N-ethyl adjacent to an activating group) is 1. The van der Waals surface area contributed by atoms with Gasteiger partial charge in [0.15, 0.2) is 0 Å². The van der Waals surface area contributed by atoms with Crippen LogP contribution in [0.3, 0.4) is 0 Å². The molecule has 3 N–H and O–H groups in total. The van der Waals surface area contributed by atoms with E-state index in [0.717, 1.165) is 0 Å². The minimum Gasteiger partial charge on any atom is -0.480 e. The molecule has 0 aliphatic carbocycles. The predicted octanol–water partition coefficient (Wildman–Crippen LogP) is 0.0156. The van der Waals surface area contributed by atoms with Gasteiger partial charge in [0.2, 0.25) is 5.91 Å². The third-order valence-corrected chi connectivity index (χ3v) is 2.34. The quantitative estimate of drug-likeness (QED) is 0.626. The minimum absolute atomic E-state index is 0.257. The summed E-state index contributed by atoms with van der Waals surface area (Å²) in [5.74, 6) is -1.34. The van der Waals surface area contributed by atoms with Crippen LogP contribution in [0.5, 0.6) is 0 Å². The fourth-order valence-electron chi connectivity index (χ4n) is 1.39.